The Kier molecular flexibility index (Phi) is 6.11. The average Bonchev–Trinajstić information content (AvgIpc) is 3.06. The van der Waals surface area contributed by atoms with Crippen molar-refractivity contribution in [3.63, 3.8) is 0 Å². The number of pyridine rings is 1. The summed E-state index contributed by atoms with van der Waals surface area (Å²) in [6.07, 6.45) is 1.62. The Balaban J connectivity index is 1.71. The van der Waals surface area contributed by atoms with Crippen molar-refractivity contribution < 1.29 is 24.0 Å². The van der Waals surface area contributed by atoms with Gasteiger partial charge in [-0.3, -0.25) is 9.78 Å². The van der Waals surface area contributed by atoms with Crippen LogP contribution in [0.2, 0.25) is 0 Å². The second-order valence-corrected chi connectivity index (χ2v) is 7.10. The summed E-state index contributed by atoms with van der Waals surface area (Å²) in [6.45, 7) is 5.78. The maximum Gasteiger partial charge on any atom is 0.492 e. The number of amides is 1. The predicted octanol–water partition coefficient (Wildman–Crippen LogP) is 1.11. The molecule has 1 aromatic heterocycles. The lowest BCUT2D eigenvalue weighted by atomic mass is 9.75. The molecule has 1 atom stereocenters. The van der Waals surface area contributed by atoms with E-state index in [1.165, 1.54) is 0 Å². The zero-order chi connectivity index (χ0) is 20.3. The molecule has 146 valence electrons. The molecule has 1 aromatic carbocycles. The van der Waals surface area contributed by atoms with Gasteiger partial charge in [0.05, 0.1) is 12.3 Å². The third-order valence-corrected chi connectivity index (χ3v) is 4.79. The summed E-state index contributed by atoms with van der Waals surface area (Å²) in [6, 6.07) is 8.00. The third kappa shape index (κ3) is 4.23. The van der Waals surface area contributed by atoms with Crippen molar-refractivity contribution in [1.29, 1.82) is 0 Å². The highest BCUT2D eigenvalue weighted by Crippen LogP contribution is 2.17. The number of ether oxygens (including phenoxy) is 1. The number of carbonyl (C=O) groups excluding carboxylic acids is 2. The van der Waals surface area contributed by atoms with Crippen molar-refractivity contribution >= 4 is 24.5 Å². The van der Waals surface area contributed by atoms with Crippen LogP contribution in [0.3, 0.4) is 0 Å². The van der Waals surface area contributed by atoms with Crippen LogP contribution in [0.5, 0.6) is 0 Å². The van der Waals surface area contributed by atoms with Gasteiger partial charge in [0.2, 0.25) is 0 Å². The van der Waals surface area contributed by atoms with Gasteiger partial charge in [0.25, 0.3) is 5.91 Å². The molecule has 0 radical (unpaired) electrons. The standard InChI is InChI=1S/C20H23BN2O5/c1-12(2)18(20(25)27-11-15-6-4-5-9-22-15)23-19(24)16-8-7-14-10-28-21(26)17(14)13(16)3/h4-9,12,18,26H,10-11H2,1-3H3,(H,23,24)/t18-/m0/s1. The molecule has 2 N–H and O–H groups in total. The minimum atomic E-state index is -1.04. The summed E-state index contributed by atoms with van der Waals surface area (Å²) in [5.41, 5.74) is 3.15. The Morgan fingerprint density at radius 3 is 2.79 bits per heavy atom. The van der Waals surface area contributed by atoms with Crippen LogP contribution in [0, 0.1) is 12.8 Å². The van der Waals surface area contributed by atoms with E-state index in [9.17, 15) is 14.6 Å². The third-order valence-electron chi connectivity index (χ3n) is 4.79. The first-order valence-electron chi connectivity index (χ1n) is 9.18. The van der Waals surface area contributed by atoms with Gasteiger partial charge in [-0.25, -0.2) is 4.79 Å². The molecular weight excluding hydrogens is 359 g/mol. The maximum absolute atomic E-state index is 12.8. The van der Waals surface area contributed by atoms with Gasteiger partial charge in [-0.15, -0.1) is 0 Å². The molecule has 0 spiro atoms. The van der Waals surface area contributed by atoms with Crippen LogP contribution < -0.4 is 10.8 Å². The molecule has 1 amide bonds. The highest BCUT2D eigenvalue weighted by atomic mass is 16.5. The number of benzene rings is 1. The number of aromatic nitrogens is 1. The number of carbonyl (C=O) groups is 2. The van der Waals surface area contributed by atoms with Crippen LogP contribution >= 0.6 is 0 Å². The van der Waals surface area contributed by atoms with Crippen molar-refractivity contribution in [2.45, 2.75) is 40.0 Å². The van der Waals surface area contributed by atoms with E-state index in [2.05, 4.69) is 10.3 Å². The molecule has 8 heteroatoms. The van der Waals surface area contributed by atoms with Crippen molar-refractivity contribution in [2.24, 2.45) is 5.92 Å². The highest BCUT2D eigenvalue weighted by molar-refractivity contribution is 6.62. The lowest BCUT2D eigenvalue weighted by molar-refractivity contribution is -0.148. The lowest BCUT2D eigenvalue weighted by Crippen LogP contribution is -2.46. The van der Waals surface area contributed by atoms with E-state index in [-0.39, 0.29) is 12.5 Å². The molecule has 2 heterocycles. The van der Waals surface area contributed by atoms with E-state index in [0.29, 0.717) is 28.9 Å². The van der Waals surface area contributed by atoms with Crippen molar-refractivity contribution in [3.8, 4) is 0 Å². The fourth-order valence-corrected chi connectivity index (χ4v) is 3.19. The Morgan fingerprint density at radius 1 is 1.32 bits per heavy atom. The molecule has 7 nitrogen and oxygen atoms in total. The molecule has 0 saturated heterocycles. The van der Waals surface area contributed by atoms with Gasteiger partial charge in [0.1, 0.15) is 12.6 Å². The minimum absolute atomic E-state index is 0.0418. The summed E-state index contributed by atoms with van der Waals surface area (Å²) < 4.78 is 10.5. The van der Waals surface area contributed by atoms with E-state index in [1.807, 2.05) is 19.9 Å². The first-order chi connectivity index (χ1) is 13.4. The van der Waals surface area contributed by atoms with Gasteiger partial charge in [0.15, 0.2) is 0 Å². The van der Waals surface area contributed by atoms with E-state index >= 15 is 0 Å². The summed E-state index contributed by atoms with van der Waals surface area (Å²) in [4.78, 5) is 29.5. The molecule has 0 unspecified atom stereocenters. The number of rotatable bonds is 6. The number of nitrogens with zero attached hydrogens (tertiary/aromatic N) is 1. The Bertz CT molecular complexity index is 872. The number of hydrogen-bond donors (Lipinski definition) is 2. The molecule has 0 fully saturated rings. The summed E-state index contributed by atoms with van der Waals surface area (Å²) in [7, 11) is -1.04. The number of esters is 1. The molecule has 28 heavy (non-hydrogen) atoms. The minimum Gasteiger partial charge on any atom is -0.458 e. The highest BCUT2D eigenvalue weighted by Gasteiger charge is 2.32. The zero-order valence-corrected chi connectivity index (χ0v) is 16.1. The van der Waals surface area contributed by atoms with Crippen LogP contribution in [0.1, 0.15) is 41.0 Å². The number of hydrogen-bond acceptors (Lipinski definition) is 6. The lowest BCUT2D eigenvalue weighted by Gasteiger charge is -2.21. The predicted molar refractivity (Wildman–Crippen MR) is 104 cm³/mol. The zero-order valence-electron chi connectivity index (χ0n) is 16.1. The van der Waals surface area contributed by atoms with Crippen LogP contribution in [0.25, 0.3) is 0 Å². The fraction of sp³-hybridized carbons (Fsp3) is 0.350. The summed E-state index contributed by atoms with van der Waals surface area (Å²) in [5, 5.41) is 12.7. The molecule has 0 bridgehead atoms. The van der Waals surface area contributed by atoms with Gasteiger partial charge < -0.3 is 19.7 Å². The van der Waals surface area contributed by atoms with E-state index in [0.717, 1.165) is 5.56 Å². The monoisotopic (exact) mass is 382 g/mol. The van der Waals surface area contributed by atoms with Crippen molar-refractivity contribution in [1.82, 2.24) is 10.3 Å². The number of nitrogens with one attached hydrogen (secondary N) is 1. The number of fused-ring (bicyclic) bond motifs is 1. The maximum atomic E-state index is 12.8. The molecule has 0 aliphatic carbocycles. The van der Waals surface area contributed by atoms with Gasteiger partial charge in [-0.2, -0.15) is 0 Å². The van der Waals surface area contributed by atoms with Crippen LogP contribution in [0.4, 0.5) is 0 Å². The molecule has 2 aromatic rings. The molecular formula is C20H23BN2O5. The smallest absolute Gasteiger partial charge is 0.458 e. The second kappa shape index (κ2) is 8.54. The molecule has 0 saturated carbocycles. The van der Waals surface area contributed by atoms with E-state index < -0.39 is 25.0 Å². The average molecular weight is 382 g/mol. The van der Waals surface area contributed by atoms with E-state index in [4.69, 9.17) is 9.39 Å². The summed E-state index contributed by atoms with van der Waals surface area (Å²) in [5.74, 6) is -1.08. The van der Waals surface area contributed by atoms with Gasteiger partial charge in [-0.1, -0.05) is 26.0 Å². The van der Waals surface area contributed by atoms with E-state index in [1.54, 1.807) is 37.4 Å². The van der Waals surface area contributed by atoms with Gasteiger partial charge in [-0.05, 0) is 47.6 Å². The fourth-order valence-electron chi connectivity index (χ4n) is 3.19. The normalized spacial score (nSPS) is 14.0. The topological polar surface area (TPSA) is 97.8 Å². The SMILES string of the molecule is Cc1c(C(=O)N[C@H](C(=O)OCc2ccccn2)C(C)C)ccc2c1B(O)OC2. The molecule has 1 aliphatic heterocycles. The van der Waals surface area contributed by atoms with Crippen LogP contribution in [0.15, 0.2) is 36.5 Å². The van der Waals surface area contributed by atoms with Gasteiger partial charge >= 0.3 is 13.1 Å². The van der Waals surface area contributed by atoms with Crippen molar-refractivity contribution in [2.75, 3.05) is 0 Å². The second-order valence-electron chi connectivity index (χ2n) is 7.10. The molecule has 3 rings (SSSR count). The quantitative estimate of drug-likeness (QED) is 0.574. The largest absolute Gasteiger partial charge is 0.492 e. The first-order valence-corrected chi connectivity index (χ1v) is 9.18. The molecule has 1 aliphatic rings. The Morgan fingerprint density at radius 2 is 2.11 bits per heavy atom. The van der Waals surface area contributed by atoms with Crippen LogP contribution in [-0.4, -0.2) is 35.0 Å². The van der Waals surface area contributed by atoms with Gasteiger partial charge in [0, 0.05) is 11.8 Å². The van der Waals surface area contributed by atoms with Crippen LogP contribution in [-0.2, 0) is 27.4 Å². The van der Waals surface area contributed by atoms with Crippen molar-refractivity contribution in [3.05, 3.63) is 58.9 Å². The Hall–Kier alpha value is -2.71. The Labute approximate surface area is 164 Å². The summed E-state index contributed by atoms with van der Waals surface area (Å²) >= 11 is 0. The first kappa shape index (κ1) is 20.0.